The molecule has 8 heteroatoms. The Morgan fingerprint density at radius 3 is 2.45 bits per heavy atom. The van der Waals surface area contributed by atoms with Gasteiger partial charge in [0.15, 0.2) is 0 Å². The van der Waals surface area contributed by atoms with E-state index < -0.39 is 30.4 Å². The number of carbonyl (C=O) groups excluding carboxylic acids is 1. The fourth-order valence-electron chi connectivity index (χ4n) is 2.44. The van der Waals surface area contributed by atoms with Crippen LogP contribution in [0.3, 0.4) is 0 Å². The maximum absolute atomic E-state index is 11.7. The molecule has 4 N–H and O–H groups in total. The number of hydrogen-bond acceptors (Lipinski definition) is 4. The molecule has 0 aromatic heterocycles. The van der Waals surface area contributed by atoms with Gasteiger partial charge in [0.25, 0.3) is 0 Å². The molecule has 1 heterocycles. The number of carboxylic acid groups (broad SMARTS) is 2. The lowest BCUT2D eigenvalue weighted by Gasteiger charge is -2.18. The Labute approximate surface area is 116 Å². The van der Waals surface area contributed by atoms with Crippen molar-refractivity contribution in [1.29, 1.82) is 0 Å². The first-order valence-corrected chi connectivity index (χ1v) is 6.71. The van der Waals surface area contributed by atoms with Crippen LogP contribution in [0, 0.1) is 0 Å². The van der Waals surface area contributed by atoms with Crippen LogP contribution in [0.4, 0.5) is 4.79 Å². The van der Waals surface area contributed by atoms with Gasteiger partial charge in [0.1, 0.15) is 6.04 Å². The molecule has 8 nitrogen and oxygen atoms in total. The Hall–Kier alpha value is -1.83. The average molecular weight is 285 g/mol. The Balaban J connectivity index is 1.76. The lowest BCUT2D eigenvalue weighted by molar-refractivity contribution is -0.145. The van der Waals surface area contributed by atoms with Crippen molar-refractivity contribution in [2.45, 2.75) is 43.8 Å². The minimum absolute atomic E-state index is 0.00475. The molecule has 0 radical (unpaired) electrons. The summed E-state index contributed by atoms with van der Waals surface area (Å²) in [5, 5.41) is 22.3. The van der Waals surface area contributed by atoms with E-state index in [1.54, 1.807) is 0 Å². The first-order chi connectivity index (χ1) is 9.45. The third-order valence-corrected chi connectivity index (χ3v) is 3.60. The molecular formula is C12H19N3O5. The molecule has 1 aliphatic heterocycles. The SMILES string of the molecule is O=C(O)C[C@H](NC(=O)NC1CCN(C2CC2)C1)C(=O)O. The lowest BCUT2D eigenvalue weighted by Crippen LogP contribution is -2.50. The zero-order valence-electron chi connectivity index (χ0n) is 11.0. The van der Waals surface area contributed by atoms with Gasteiger partial charge in [-0.05, 0) is 19.3 Å². The fourth-order valence-corrected chi connectivity index (χ4v) is 2.44. The van der Waals surface area contributed by atoms with Crippen molar-refractivity contribution in [3.8, 4) is 0 Å². The number of likely N-dealkylation sites (tertiary alicyclic amines) is 1. The largest absolute Gasteiger partial charge is 0.481 e. The quantitative estimate of drug-likeness (QED) is 0.520. The van der Waals surface area contributed by atoms with Crippen LogP contribution < -0.4 is 10.6 Å². The number of carbonyl (C=O) groups is 3. The van der Waals surface area contributed by atoms with Crippen molar-refractivity contribution in [3.63, 3.8) is 0 Å². The third kappa shape index (κ3) is 4.09. The number of urea groups is 1. The molecule has 1 aliphatic carbocycles. The second kappa shape index (κ2) is 6.08. The van der Waals surface area contributed by atoms with Crippen molar-refractivity contribution in [3.05, 3.63) is 0 Å². The highest BCUT2D eigenvalue weighted by molar-refractivity contribution is 5.86. The highest BCUT2D eigenvalue weighted by Gasteiger charge is 2.35. The van der Waals surface area contributed by atoms with Crippen LogP contribution in [0.25, 0.3) is 0 Å². The van der Waals surface area contributed by atoms with Gasteiger partial charge in [-0.3, -0.25) is 9.69 Å². The van der Waals surface area contributed by atoms with E-state index in [0.717, 1.165) is 19.5 Å². The van der Waals surface area contributed by atoms with E-state index in [1.165, 1.54) is 12.8 Å². The fraction of sp³-hybridized carbons (Fsp3) is 0.750. The van der Waals surface area contributed by atoms with E-state index in [9.17, 15) is 14.4 Å². The Bertz CT molecular complexity index is 410. The number of aliphatic carboxylic acids is 2. The zero-order valence-corrected chi connectivity index (χ0v) is 11.0. The van der Waals surface area contributed by atoms with Crippen molar-refractivity contribution in [2.75, 3.05) is 13.1 Å². The first kappa shape index (κ1) is 14.6. The maximum atomic E-state index is 11.7. The summed E-state index contributed by atoms with van der Waals surface area (Å²) in [6, 6.07) is -1.40. The predicted octanol–water partition coefficient (Wildman–Crippen LogP) is -0.550. The minimum Gasteiger partial charge on any atom is -0.481 e. The van der Waals surface area contributed by atoms with E-state index >= 15 is 0 Å². The molecular weight excluding hydrogens is 266 g/mol. The normalized spacial score (nSPS) is 24.1. The Kier molecular flexibility index (Phi) is 4.43. The van der Waals surface area contributed by atoms with Crippen LogP contribution in [-0.4, -0.2) is 64.3 Å². The smallest absolute Gasteiger partial charge is 0.326 e. The van der Waals surface area contributed by atoms with Crippen molar-refractivity contribution in [1.82, 2.24) is 15.5 Å². The lowest BCUT2D eigenvalue weighted by atomic mass is 10.2. The Morgan fingerprint density at radius 2 is 1.90 bits per heavy atom. The molecule has 0 bridgehead atoms. The monoisotopic (exact) mass is 285 g/mol. The standard InChI is InChI=1S/C12H19N3O5/c16-10(17)5-9(11(18)19)14-12(20)13-7-3-4-15(6-7)8-1-2-8/h7-9H,1-6H2,(H,16,17)(H,18,19)(H2,13,14,20)/t7?,9-/m0/s1. The molecule has 0 aromatic rings. The van der Waals surface area contributed by atoms with Gasteiger partial charge in [0.2, 0.25) is 0 Å². The third-order valence-electron chi connectivity index (χ3n) is 3.60. The molecule has 2 atom stereocenters. The van der Waals surface area contributed by atoms with E-state index in [4.69, 9.17) is 10.2 Å². The molecule has 1 saturated heterocycles. The number of nitrogens with one attached hydrogen (secondary N) is 2. The molecule has 20 heavy (non-hydrogen) atoms. The molecule has 2 aliphatic rings. The highest BCUT2D eigenvalue weighted by atomic mass is 16.4. The molecule has 2 rings (SSSR count). The summed E-state index contributed by atoms with van der Waals surface area (Å²) in [4.78, 5) is 35.4. The van der Waals surface area contributed by atoms with E-state index in [1.807, 2.05) is 0 Å². The van der Waals surface area contributed by atoms with Crippen molar-refractivity contribution in [2.24, 2.45) is 0 Å². The summed E-state index contributed by atoms with van der Waals surface area (Å²) in [6.07, 6.45) is 2.61. The van der Waals surface area contributed by atoms with E-state index in [-0.39, 0.29) is 6.04 Å². The average Bonchev–Trinajstić information content (AvgIpc) is 3.09. The maximum Gasteiger partial charge on any atom is 0.326 e. The van der Waals surface area contributed by atoms with Crippen LogP contribution in [0.1, 0.15) is 25.7 Å². The second-order valence-corrected chi connectivity index (χ2v) is 5.32. The number of carboxylic acids is 2. The van der Waals surface area contributed by atoms with Gasteiger partial charge in [0.05, 0.1) is 6.42 Å². The van der Waals surface area contributed by atoms with E-state index in [0.29, 0.717) is 6.04 Å². The molecule has 112 valence electrons. The minimum atomic E-state index is -1.41. The van der Waals surface area contributed by atoms with Gasteiger partial charge < -0.3 is 20.8 Å². The molecule has 1 saturated carbocycles. The Morgan fingerprint density at radius 1 is 1.20 bits per heavy atom. The summed E-state index contributed by atoms with van der Waals surface area (Å²) >= 11 is 0. The predicted molar refractivity (Wildman–Crippen MR) is 68.3 cm³/mol. The van der Waals surface area contributed by atoms with Crippen LogP contribution in [0.2, 0.25) is 0 Å². The second-order valence-electron chi connectivity index (χ2n) is 5.32. The van der Waals surface area contributed by atoms with Gasteiger partial charge in [0, 0.05) is 25.2 Å². The van der Waals surface area contributed by atoms with Gasteiger partial charge >= 0.3 is 18.0 Å². The summed E-state index contributed by atoms with van der Waals surface area (Å²) in [5.41, 5.74) is 0. The summed E-state index contributed by atoms with van der Waals surface area (Å²) < 4.78 is 0. The van der Waals surface area contributed by atoms with Crippen molar-refractivity contribution >= 4 is 18.0 Å². The number of rotatable bonds is 6. The van der Waals surface area contributed by atoms with Gasteiger partial charge in [-0.25, -0.2) is 9.59 Å². The summed E-state index contributed by atoms with van der Waals surface area (Å²) in [6.45, 7) is 1.71. The first-order valence-electron chi connectivity index (χ1n) is 6.71. The topological polar surface area (TPSA) is 119 Å². The molecule has 1 unspecified atom stereocenters. The summed E-state index contributed by atoms with van der Waals surface area (Å²) in [7, 11) is 0. The van der Waals surface area contributed by atoms with Crippen LogP contribution in [-0.2, 0) is 9.59 Å². The van der Waals surface area contributed by atoms with Gasteiger partial charge in [-0.15, -0.1) is 0 Å². The van der Waals surface area contributed by atoms with Crippen LogP contribution in [0.15, 0.2) is 0 Å². The summed E-state index contributed by atoms with van der Waals surface area (Å²) in [5.74, 6) is -2.62. The van der Waals surface area contributed by atoms with Crippen LogP contribution in [0.5, 0.6) is 0 Å². The van der Waals surface area contributed by atoms with E-state index in [2.05, 4.69) is 15.5 Å². The molecule has 0 aromatic carbocycles. The molecule has 0 spiro atoms. The van der Waals surface area contributed by atoms with Gasteiger partial charge in [-0.1, -0.05) is 0 Å². The van der Waals surface area contributed by atoms with Crippen molar-refractivity contribution < 1.29 is 24.6 Å². The van der Waals surface area contributed by atoms with Gasteiger partial charge in [-0.2, -0.15) is 0 Å². The molecule has 2 amide bonds. The molecule has 2 fully saturated rings. The number of amides is 2. The zero-order chi connectivity index (χ0) is 14.7. The van der Waals surface area contributed by atoms with Crippen LogP contribution >= 0.6 is 0 Å². The number of nitrogens with zero attached hydrogens (tertiary/aromatic N) is 1. The highest BCUT2D eigenvalue weighted by Crippen LogP contribution is 2.29. The number of hydrogen-bond donors (Lipinski definition) is 4.